The number of hydrogen-bond acceptors (Lipinski definition) is 4. The van der Waals surface area contributed by atoms with Gasteiger partial charge in [0.1, 0.15) is 0 Å². The van der Waals surface area contributed by atoms with E-state index < -0.39 is 15.7 Å². The number of nitrogen functional groups attached to an aromatic ring is 1. The first kappa shape index (κ1) is 11.1. The van der Waals surface area contributed by atoms with Gasteiger partial charge in [-0.2, -0.15) is 0 Å². The number of carbonyl (C=O) groups is 1. The number of sulfone groups is 1. The van der Waals surface area contributed by atoms with Crippen LogP contribution in [0.5, 0.6) is 0 Å². The van der Waals surface area contributed by atoms with Crippen LogP contribution in [0.4, 0.5) is 0 Å². The Morgan fingerprint density at radius 1 is 1.38 bits per heavy atom. The van der Waals surface area contributed by atoms with Crippen LogP contribution in [0.25, 0.3) is 0 Å². The van der Waals surface area contributed by atoms with Gasteiger partial charge in [-0.15, -0.1) is 0 Å². The summed E-state index contributed by atoms with van der Waals surface area (Å²) >= 11 is 0. The van der Waals surface area contributed by atoms with Crippen molar-refractivity contribution in [3.63, 3.8) is 0 Å². The summed E-state index contributed by atoms with van der Waals surface area (Å²) in [4.78, 5) is 11.6. The number of aryl methyl sites for hydroxylation is 1. The first-order valence-corrected chi connectivity index (χ1v) is 6.56. The minimum atomic E-state index is -3.15. The number of carbonyl (C=O) groups excluding carboxylic acids is 1. The third-order valence-electron chi connectivity index (χ3n) is 2.65. The maximum absolute atomic E-state index is 11.7. The van der Waals surface area contributed by atoms with Crippen LogP contribution >= 0.6 is 0 Å². The van der Waals surface area contributed by atoms with E-state index in [0.29, 0.717) is 28.9 Å². The topological polar surface area (TPSA) is 89.3 Å². The van der Waals surface area contributed by atoms with Crippen molar-refractivity contribution in [2.75, 3.05) is 5.75 Å². The molecule has 0 radical (unpaired) electrons. The zero-order valence-corrected chi connectivity index (χ0v) is 9.38. The van der Waals surface area contributed by atoms with Gasteiger partial charge in [-0.1, -0.05) is 0 Å². The highest BCUT2D eigenvalue weighted by atomic mass is 32.2. The first-order chi connectivity index (χ1) is 7.54. The lowest BCUT2D eigenvalue weighted by Gasteiger charge is -2.16. The molecule has 1 amide bonds. The summed E-state index contributed by atoms with van der Waals surface area (Å²) in [6, 6.07) is 4.55. The number of nitrogens with two attached hydrogens (primary N) is 1. The molecule has 0 unspecified atom stereocenters. The number of benzene rings is 1. The molecule has 0 saturated carbocycles. The quantitative estimate of drug-likeness (QED) is 0.411. The molecule has 5 nitrogen and oxygen atoms in total. The zero-order valence-electron chi connectivity index (χ0n) is 8.56. The van der Waals surface area contributed by atoms with Crippen molar-refractivity contribution in [2.45, 2.75) is 17.7 Å². The molecule has 1 aromatic rings. The first-order valence-electron chi connectivity index (χ1n) is 4.91. The molecule has 1 aliphatic heterocycles. The second kappa shape index (κ2) is 3.88. The molecular weight excluding hydrogens is 228 g/mol. The summed E-state index contributed by atoms with van der Waals surface area (Å²) in [6.45, 7) is 0. The highest BCUT2D eigenvalue weighted by molar-refractivity contribution is 7.91. The van der Waals surface area contributed by atoms with Crippen molar-refractivity contribution < 1.29 is 13.2 Å². The van der Waals surface area contributed by atoms with Gasteiger partial charge in [0.05, 0.1) is 10.6 Å². The molecule has 0 aliphatic carbocycles. The van der Waals surface area contributed by atoms with Crippen molar-refractivity contribution in [1.82, 2.24) is 5.43 Å². The molecule has 0 atom stereocenters. The van der Waals surface area contributed by atoms with E-state index in [0.717, 1.165) is 0 Å². The molecule has 0 spiro atoms. The van der Waals surface area contributed by atoms with Crippen molar-refractivity contribution >= 4 is 15.7 Å². The van der Waals surface area contributed by atoms with Gasteiger partial charge in [0.2, 0.25) is 0 Å². The molecule has 16 heavy (non-hydrogen) atoms. The molecule has 0 fully saturated rings. The number of nitrogens with one attached hydrogen (secondary N) is 1. The van der Waals surface area contributed by atoms with E-state index >= 15 is 0 Å². The van der Waals surface area contributed by atoms with Crippen LogP contribution in [0.3, 0.4) is 0 Å². The Morgan fingerprint density at radius 2 is 2.12 bits per heavy atom. The summed E-state index contributed by atoms with van der Waals surface area (Å²) in [5.41, 5.74) is 3.11. The summed E-state index contributed by atoms with van der Waals surface area (Å²) in [5, 5.41) is 0. The maximum atomic E-state index is 11.7. The van der Waals surface area contributed by atoms with Gasteiger partial charge >= 0.3 is 0 Å². The lowest BCUT2D eigenvalue weighted by atomic mass is 10.1. The highest BCUT2D eigenvalue weighted by Crippen LogP contribution is 2.25. The van der Waals surface area contributed by atoms with Crippen LogP contribution in [0.2, 0.25) is 0 Å². The van der Waals surface area contributed by atoms with Gasteiger partial charge in [0, 0.05) is 5.56 Å². The van der Waals surface area contributed by atoms with E-state index in [-0.39, 0.29) is 5.75 Å². The lowest BCUT2D eigenvalue weighted by molar-refractivity contribution is 0.0953. The summed E-state index contributed by atoms with van der Waals surface area (Å²) in [5.74, 6) is 4.79. The van der Waals surface area contributed by atoms with Crippen LogP contribution in [0, 0.1) is 0 Å². The third kappa shape index (κ3) is 1.81. The van der Waals surface area contributed by atoms with Crippen molar-refractivity contribution in [1.29, 1.82) is 0 Å². The fourth-order valence-electron chi connectivity index (χ4n) is 1.87. The largest absolute Gasteiger partial charge is 0.290 e. The monoisotopic (exact) mass is 240 g/mol. The Hall–Kier alpha value is -1.40. The number of hydrogen-bond donors (Lipinski definition) is 2. The van der Waals surface area contributed by atoms with E-state index in [4.69, 9.17) is 5.84 Å². The Morgan fingerprint density at radius 3 is 2.81 bits per heavy atom. The zero-order chi connectivity index (χ0) is 11.8. The Balaban J connectivity index is 2.52. The SMILES string of the molecule is NNC(=O)c1ccc2c(c1)CCCS2(=O)=O. The number of fused-ring (bicyclic) bond motifs is 1. The molecule has 0 saturated heterocycles. The second-order valence-corrected chi connectivity index (χ2v) is 5.80. The average molecular weight is 240 g/mol. The van der Waals surface area contributed by atoms with Crippen LogP contribution in [-0.4, -0.2) is 20.1 Å². The molecular formula is C10H12N2O3S. The molecule has 3 N–H and O–H groups in total. The minimum absolute atomic E-state index is 0.183. The highest BCUT2D eigenvalue weighted by Gasteiger charge is 2.23. The molecule has 6 heteroatoms. The molecule has 1 aliphatic rings. The van der Waals surface area contributed by atoms with E-state index in [9.17, 15) is 13.2 Å². The summed E-state index contributed by atoms with van der Waals surface area (Å²) < 4.78 is 23.4. The smallest absolute Gasteiger partial charge is 0.265 e. The van der Waals surface area contributed by atoms with Crippen LogP contribution in [-0.2, 0) is 16.3 Å². The number of rotatable bonds is 1. The van der Waals surface area contributed by atoms with Gasteiger partial charge in [0.25, 0.3) is 5.91 Å². The lowest BCUT2D eigenvalue weighted by Crippen LogP contribution is -2.30. The van der Waals surface area contributed by atoms with Crippen LogP contribution < -0.4 is 11.3 Å². The Labute approximate surface area is 93.5 Å². The van der Waals surface area contributed by atoms with Gasteiger partial charge in [0.15, 0.2) is 9.84 Å². The van der Waals surface area contributed by atoms with Crippen LogP contribution in [0.1, 0.15) is 22.3 Å². The number of amides is 1. The normalized spacial score (nSPS) is 17.6. The summed E-state index contributed by atoms with van der Waals surface area (Å²) in [6.07, 6.45) is 1.28. The van der Waals surface area contributed by atoms with Crippen molar-refractivity contribution in [3.05, 3.63) is 29.3 Å². The fraction of sp³-hybridized carbons (Fsp3) is 0.300. The van der Waals surface area contributed by atoms with Gasteiger partial charge < -0.3 is 0 Å². The van der Waals surface area contributed by atoms with E-state index in [1.54, 1.807) is 6.07 Å². The molecule has 0 aromatic heterocycles. The predicted octanol–water partition coefficient (Wildman–Crippen LogP) is 0.0100. The molecule has 0 bridgehead atoms. The summed E-state index contributed by atoms with van der Waals surface area (Å²) in [7, 11) is -3.15. The Kier molecular flexibility index (Phi) is 2.69. The van der Waals surface area contributed by atoms with Gasteiger partial charge in [-0.05, 0) is 36.6 Å². The standard InChI is InChI=1S/C10H12N2O3S/c11-12-10(13)8-3-4-9-7(6-8)2-1-5-16(9,14)15/h3-4,6H,1-2,5,11H2,(H,12,13). The molecule has 1 aromatic carbocycles. The molecule has 86 valence electrons. The second-order valence-electron chi connectivity index (χ2n) is 3.72. The van der Waals surface area contributed by atoms with Crippen LogP contribution in [0.15, 0.2) is 23.1 Å². The average Bonchev–Trinajstić information content (AvgIpc) is 2.27. The van der Waals surface area contributed by atoms with E-state index in [2.05, 4.69) is 0 Å². The van der Waals surface area contributed by atoms with Crippen molar-refractivity contribution in [2.24, 2.45) is 5.84 Å². The Bertz CT molecular complexity index is 537. The predicted molar refractivity (Wildman–Crippen MR) is 58.5 cm³/mol. The maximum Gasteiger partial charge on any atom is 0.265 e. The van der Waals surface area contributed by atoms with E-state index in [1.807, 2.05) is 5.43 Å². The van der Waals surface area contributed by atoms with E-state index in [1.165, 1.54) is 12.1 Å². The van der Waals surface area contributed by atoms with Gasteiger partial charge in [-0.25, -0.2) is 14.3 Å². The van der Waals surface area contributed by atoms with Crippen molar-refractivity contribution in [3.8, 4) is 0 Å². The third-order valence-corrected chi connectivity index (χ3v) is 4.54. The number of hydrazine groups is 1. The minimum Gasteiger partial charge on any atom is -0.290 e. The molecule has 2 rings (SSSR count). The van der Waals surface area contributed by atoms with Gasteiger partial charge in [-0.3, -0.25) is 10.2 Å². The fourth-order valence-corrected chi connectivity index (χ4v) is 3.45. The molecule has 1 heterocycles.